The molecule has 0 N–H and O–H groups in total. The first-order valence-electron chi connectivity index (χ1n) is 8.01. The third-order valence-corrected chi connectivity index (χ3v) is 4.16. The van der Waals surface area contributed by atoms with Gasteiger partial charge in [-0.05, 0) is 61.4 Å². The van der Waals surface area contributed by atoms with Gasteiger partial charge in [0.05, 0.1) is 0 Å². The zero-order chi connectivity index (χ0) is 14.5. The first-order chi connectivity index (χ1) is 9.54. The summed E-state index contributed by atoms with van der Waals surface area (Å²) in [5.74, 6) is 2.43. The summed E-state index contributed by atoms with van der Waals surface area (Å²) in [4.78, 5) is 2.54. The smallest absolute Gasteiger partial charge is 0.119 e. The second kappa shape index (κ2) is 7.12. The molecular formula is C18H29NO. The number of rotatable bonds is 5. The van der Waals surface area contributed by atoms with Crippen molar-refractivity contribution in [1.29, 1.82) is 0 Å². The number of hydrogen-bond acceptors (Lipinski definition) is 2. The highest BCUT2D eigenvalue weighted by atomic mass is 16.5. The number of likely N-dealkylation sites (tertiary alicyclic amines) is 1. The monoisotopic (exact) mass is 275 g/mol. The Morgan fingerprint density at radius 2 is 2.10 bits per heavy atom. The summed E-state index contributed by atoms with van der Waals surface area (Å²) in [7, 11) is 0. The Kier molecular flexibility index (Phi) is 5.47. The summed E-state index contributed by atoms with van der Waals surface area (Å²) in [5.41, 5.74) is 2.66. The Bertz CT molecular complexity index is 427. The summed E-state index contributed by atoms with van der Waals surface area (Å²) in [6.45, 7) is 13.3. The van der Waals surface area contributed by atoms with E-state index >= 15 is 0 Å². The average Bonchev–Trinajstić information content (AvgIpc) is 2.38. The maximum atomic E-state index is 5.97. The molecule has 2 rings (SSSR count). The van der Waals surface area contributed by atoms with E-state index in [9.17, 15) is 0 Å². The zero-order valence-electron chi connectivity index (χ0n) is 13.5. The fourth-order valence-corrected chi connectivity index (χ4v) is 2.98. The lowest BCUT2D eigenvalue weighted by molar-refractivity contribution is 0.153. The lowest BCUT2D eigenvalue weighted by Gasteiger charge is -2.30. The maximum absolute atomic E-state index is 5.97. The third kappa shape index (κ3) is 4.52. The van der Waals surface area contributed by atoms with Crippen LogP contribution in [0.4, 0.5) is 0 Å². The van der Waals surface area contributed by atoms with Gasteiger partial charge in [-0.25, -0.2) is 0 Å². The molecule has 1 heterocycles. The van der Waals surface area contributed by atoms with Gasteiger partial charge in [-0.15, -0.1) is 0 Å². The van der Waals surface area contributed by atoms with Crippen LogP contribution in [-0.4, -0.2) is 31.1 Å². The van der Waals surface area contributed by atoms with E-state index in [0.29, 0.717) is 5.92 Å². The fraction of sp³-hybridized carbons (Fsp3) is 0.667. The molecule has 0 aromatic heterocycles. The number of aryl methyl sites for hydroxylation is 1. The van der Waals surface area contributed by atoms with Crippen LogP contribution in [0.25, 0.3) is 0 Å². The first kappa shape index (κ1) is 15.4. The van der Waals surface area contributed by atoms with Crippen LogP contribution in [0.3, 0.4) is 0 Å². The predicted octanol–water partition coefficient (Wildman–Crippen LogP) is 4.23. The molecule has 0 radical (unpaired) electrons. The summed E-state index contributed by atoms with van der Waals surface area (Å²) in [6.07, 6.45) is 2.72. The average molecular weight is 275 g/mol. The highest BCUT2D eigenvalue weighted by molar-refractivity contribution is 5.35. The van der Waals surface area contributed by atoms with Gasteiger partial charge in [-0.1, -0.05) is 26.8 Å². The minimum Gasteiger partial charge on any atom is -0.492 e. The van der Waals surface area contributed by atoms with Crippen LogP contribution in [0.5, 0.6) is 5.75 Å². The number of ether oxygens (including phenoxy) is 1. The van der Waals surface area contributed by atoms with Gasteiger partial charge in [0, 0.05) is 13.1 Å². The Labute approximate surface area is 124 Å². The fourth-order valence-electron chi connectivity index (χ4n) is 2.98. The molecule has 1 aromatic carbocycles. The van der Waals surface area contributed by atoms with E-state index in [2.05, 4.69) is 50.8 Å². The Morgan fingerprint density at radius 1 is 1.30 bits per heavy atom. The molecule has 2 nitrogen and oxygen atoms in total. The number of hydrogen-bond donors (Lipinski definition) is 0. The van der Waals surface area contributed by atoms with E-state index in [1.807, 2.05) is 0 Å². The van der Waals surface area contributed by atoms with Gasteiger partial charge < -0.3 is 4.74 Å². The Balaban J connectivity index is 1.84. The molecule has 0 unspecified atom stereocenters. The van der Waals surface area contributed by atoms with Gasteiger partial charge in [-0.2, -0.15) is 0 Å². The molecular weight excluding hydrogens is 246 g/mol. The molecule has 1 aliphatic rings. The van der Waals surface area contributed by atoms with Crippen molar-refractivity contribution in [3.63, 3.8) is 0 Å². The minimum absolute atomic E-state index is 0.556. The lowest BCUT2D eigenvalue weighted by Crippen LogP contribution is -2.37. The van der Waals surface area contributed by atoms with Gasteiger partial charge in [0.15, 0.2) is 0 Å². The molecule has 0 spiro atoms. The van der Waals surface area contributed by atoms with Crippen LogP contribution in [0.2, 0.25) is 0 Å². The maximum Gasteiger partial charge on any atom is 0.119 e. The van der Waals surface area contributed by atoms with Crippen LogP contribution in [0, 0.1) is 12.8 Å². The van der Waals surface area contributed by atoms with Gasteiger partial charge >= 0.3 is 0 Å². The van der Waals surface area contributed by atoms with Crippen molar-refractivity contribution < 1.29 is 4.74 Å². The number of benzene rings is 1. The van der Waals surface area contributed by atoms with E-state index in [-0.39, 0.29) is 0 Å². The van der Waals surface area contributed by atoms with Crippen molar-refractivity contribution in [1.82, 2.24) is 4.90 Å². The summed E-state index contributed by atoms with van der Waals surface area (Å²) in [6, 6.07) is 6.59. The largest absolute Gasteiger partial charge is 0.492 e. The van der Waals surface area contributed by atoms with Crippen LogP contribution >= 0.6 is 0 Å². The van der Waals surface area contributed by atoms with Gasteiger partial charge in [-0.3, -0.25) is 4.90 Å². The molecule has 1 saturated heterocycles. The molecule has 0 bridgehead atoms. The zero-order valence-corrected chi connectivity index (χ0v) is 13.5. The van der Waals surface area contributed by atoms with Crippen molar-refractivity contribution in [2.45, 2.75) is 46.5 Å². The first-order valence-corrected chi connectivity index (χ1v) is 8.01. The van der Waals surface area contributed by atoms with Gasteiger partial charge in [0.2, 0.25) is 0 Å². The molecule has 112 valence electrons. The molecule has 0 saturated carbocycles. The van der Waals surface area contributed by atoms with Gasteiger partial charge in [0.25, 0.3) is 0 Å². The van der Waals surface area contributed by atoms with Crippen molar-refractivity contribution in [2.24, 2.45) is 5.92 Å². The van der Waals surface area contributed by atoms with Crippen LogP contribution in [0.15, 0.2) is 18.2 Å². The van der Waals surface area contributed by atoms with Crippen molar-refractivity contribution in [2.75, 3.05) is 26.2 Å². The van der Waals surface area contributed by atoms with Crippen LogP contribution in [0.1, 0.15) is 50.7 Å². The van der Waals surface area contributed by atoms with Crippen LogP contribution < -0.4 is 4.74 Å². The standard InChI is InChI=1S/C18H29NO/c1-14(2)17-10-16(4)11-18(12-17)20-9-8-19-7-5-6-15(3)13-19/h10-12,14-15H,5-9,13H2,1-4H3/t15-/m0/s1. The quantitative estimate of drug-likeness (QED) is 0.797. The molecule has 1 aliphatic heterocycles. The summed E-state index contributed by atoms with van der Waals surface area (Å²) >= 11 is 0. The molecule has 0 aliphatic carbocycles. The van der Waals surface area contributed by atoms with Crippen molar-refractivity contribution >= 4 is 0 Å². The van der Waals surface area contributed by atoms with Crippen LogP contribution in [-0.2, 0) is 0 Å². The Hall–Kier alpha value is -1.02. The molecule has 2 heteroatoms. The second-order valence-electron chi connectivity index (χ2n) is 6.63. The third-order valence-electron chi connectivity index (χ3n) is 4.16. The number of nitrogens with zero attached hydrogens (tertiary/aromatic N) is 1. The van der Waals surface area contributed by atoms with E-state index in [0.717, 1.165) is 24.8 Å². The normalized spacial score (nSPS) is 20.4. The predicted molar refractivity (Wildman–Crippen MR) is 85.6 cm³/mol. The van der Waals surface area contributed by atoms with Crippen molar-refractivity contribution in [3.05, 3.63) is 29.3 Å². The summed E-state index contributed by atoms with van der Waals surface area (Å²) < 4.78 is 5.97. The summed E-state index contributed by atoms with van der Waals surface area (Å²) in [5, 5.41) is 0. The molecule has 20 heavy (non-hydrogen) atoms. The van der Waals surface area contributed by atoms with Gasteiger partial charge in [0.1, 0.15) is 12.4 Å². The second-order valence-corrected chi connectivity index (χ2v) is 6.63. The van der Waals surface area contributed by atoms with Crippen molar-refractivity contribution in [3.8, 4) is 5.75 Å². The van der Waals surface area contributed by atoms with E-state index in [4.69, 9.17) is 4.74 Å². The molecule has 0 amide bonds. The van der Waals surface area contributed by atoms with E-state index in [1.54, 1.807) is 0 Å². The van der Waals surface area contributed by atoms with E-state index < -0.39 is 0 Å². The molecule has 1 aromatic rings. The highest BCUT2D eigenvalue weighted by Gasteiger charge is 2.15. The lowest BCUT2D eigenvalue weighted by atomic mass is 10.0. The number of piperidine rings is 1. The topological polar surface area (TPSA) is 12.5 Å². The molecule has 1 atom stereocenters. The SMILES string of the molecule is Cc1cc(OCCN2CCC[C@H](C)C2)cc(C(C)C)c1. The minimum atomic E-state index is 0.556. The molecule has 1 fully saturated rings. The Morgan fingerprint density at radius 3 is 2.80 bits per heavy atom. The van der Waals surface area contributed by atoms with E-state index in [1.165, 1.54) is 37.1 Å². The highest BCUT2D eigenvalue weighted by Crippen LogP contribution is 2.23.